The Morgan fingerprint density at radius 1 is 1.18 bits per heavy atom. The molecule has 6 rings (SSSR count). The first-order valence-corrected chi connectivity index (χ1v) is 12.3. The van der Waals surface area contributed by atoms with Gasteiger partial charge in [-0.3, -0.25) is 4.79 Å². The largest absolute Gasteiger partial charge is 0.380 e. The van der Waals surface area contributed by atoms with Crippen LogP contribution in [-0.4, -0.2) is 44.1 Å². The van der Waals surface area contributed by atoms with Crippen LogP contribution < -0.4 is 5.73 Å². The van der Waals surface area contributed by atoms with Gasteiger partial charge in [-0.15, -0.1) is 0 Å². The van der Waals surface area contributed by atoms with Gasteiger partial charge in [-0.25, -0.2) is 9.97 Å². The van der Waals surface area contributed by atoms with Gasteiger partial charge in [-0.1, -0.05) is 0 Å². The van der Waals surface area contributed by atoms with E-state index in [2.05, 4.69) is 26.3 Å². The van der Waals surface area contributed by atoms with Crippen LogP contribution in [0.4, 0.5) is 0 Å². The van der Waals surface area contributed by atoms with Crippen LogP contribution in [0.2, 0.25) is 0 Å². The third-order valence-electron chi connectivity index (χ3n) is 7.70. The van der Waals surface area contributed by atoms with Crippen LogP contribution in [0.5, 0.6) is 0 Å². The molecule has 4 aromatic rings. The molecule has 176 valence electrons. The molecule has 7 heteroatoms. The molecule has 0 saturated heterocycles. The molecule has 2 saturated carbocycles. The fourth-order valence-corrected chi connectivity index (χ4v) is 5.54. The molecule has 1 aromatic carbocycles. The number of rotatable bonds is 6. The monoisotopic (exact) mass is 457 g/mol. The Bertz CT molecular complexity index is 1380. The van der Waals surface area contributed by atoms with Gasteiger partial charge in [0.2, 0.25) is 0 Å². The number of hydrogen-bond donors (Lipinski definition) is 1. The number of ether oxygens (including phenoxy) is 1. The number of Topliss-reactive ketones (excluding diaryl/α,β-unsaturated/α-hetero) is 1. The lowest BCUT2D eigenvalue weighted by atomic mass is 9.80. The summed E-state index contributed by atoms with van der Waals surface area (Å²) < 4.78 is 9.90. The van der Waals surface area contributed by atoms with E-state index >= 15 is 0 Å². The van der Waals surface area contributed by atoms with Crippen molar-refractivity contribution in [2.75, 3.05) is 7.11 Å². The molecule has 0 bridgehead atoms. The van der Waals surface area contributed by atoms with Gasteiger partial charge in [0.15, 0.2) is 11.6 Å². The number of nitrogens with two attached hydrogens (primary N) is 1. The maximum atomic E-state index is 13.3. The summed E-state index contributed by atoms with van der Waals surface area (Å²) in [4.78, 5) is 23.0. The Kier molecular flexibility index (Phi) is 5.26. The molecule has 3 aromatic heterocycles. The molecule has 2 fully saturated rings. The molecule has 34 heavy (non-hydrogen) atoms. The molecular formula is C27H31N5O2. The van der Waals surface area contributed by atoms with E-state index in [0.717, 1.165) is 58.9 Å². The van der Waals surface area contributed by atoms with Crippen LogP contribution in [0, 0.1) is 11.8 Å². The summed E-state index contributed by atoms with van der Waals surface area (Å²) in [6, 6.07) is 12.1. The standard InChI is InChI=1S/C27H31N5O2/c1-31-22-9-7-18(25(33)17-8-10-24(34-2)20(28)12-17)13-21(22)30-27(31)23-14-19-4-3-11-29-26(19)32(23)15-16-5-6-16/h3-4,7,9,11,13-14,16-17,20,24H,5-6,8,10,12,15,28H2,1-2H3/t17?,20-,24+/m1/s1. The van der Waals surface area contributed by atoms with Crippen LogP contribution >= 0.6 is 0 Å². The van der Waals surface area contributed by atoms with Crippen molar-refractivity contribution in [3.8, 4) is 11.5 Å². The number of imidazole rings is 1. The Labute approximate surface area is 198 Å². The van der Waals surface area contributed by atoms with Gasteiger partial charge in [0.1, 0.15) is 5.65 Å². The first kappa shape index (κ1) is 21.5. The van der Waals surface area contributed by atoms with E-state index in [1.165, 1.54) is 12.8 Å². The highest BCUT2D eigenvalue weighted by atomic mass is 16.5. The minimum atomic E-state index is -0.0973. The molecular weight excluding hydrogens is 426 g/mol. The smallest absolute Gasteiger partial charge is 0.166 e. The van der Waals surface area contributed by atoms with Crippen LogP contribution in [0.25, 0.3) is 33.6 Å². The number of ketones is 1. The van der Waals surface area contributed by atoms with E-state index < -0.39 is 0 Å². The first-order chi connectivity index (χ1) is 16.5. The van der Waals surface area contributed by atoms with Gasteiger partial charge in [0.25, 0.3) is 0 Å². The number of hydrogen-bond acceptors (Lipinski definition) is 5. The molecule has 0 radical (unpaired) electrons. The predicted molar refractivity (Wildman–Crippen MR) is 133 cm³/mol. The minimum absolute atomic E-state index is 0.0433. The molecule has 1 unspecified atom stereocenters. The lowest BCUT2D eigenvalue weighted by Crippen LogP contribution is -2.43. The third kappa shape index (κ3) is 3.63. The number of fused-ring (bicyclic) bond motifs is 2. The van der Waals surface area contributed by atoms with E-state index in [-0.39, 0.29) is 23.8 Å². The van der Waals surface area contributed by atoms with Gasteiger partial charge < -0.3 is 19.6 Å². The Hall–Kier alpha value is -3.03. The molecule has 0 aliphatic heterocycles. The fourth-order valence-electron chi connectivity index (χ4n) is 5.54. The number of methoxy groups -OCH3 is 1. The van der Waals surface area contributed by atoms with Crippen molar-refractivity contribution in [3.05, 3.63) is 48.2 Å². The summed E-state index contributed by atoms with van der Waals surface area (Å²) in [5.74, 6) is 1.72. The summed E-state index contributed by atoms with van der Waals surface area (Å²) in [5, 5.41) is 1.13. The summed E-state index contributed by atoms with van der Waals surface area (Å²) in [7, 11) is 3.74. The normalized spacial score (nSPS) is 23.1. The lowest BCUT2D eigenvalue weighted by Gasteiger charge is -2.32. The molecule has 0 spiro atoms. The second-order valence-electron chi connectivity index (χ2n) is 10.0. The van der Waals surface area contributed by atoms with Crippen LogP contribution in [0.3, 0.4) is 0 Å². The highest BCUT2D eigenvalue weighted by Gasteiger charge is 2.32. The summed E-state index contributed by atoms with van der Waals surface area (Å²) in [6.07, 6.45) is 6.74. The SMILES string of the molecule is CO[C@H]1CCC(C(=O)c2ccc3c(c2)nc(-c2cc4cccnc4n2CC2CC2)n3C)C[C@H]1N. The molecule has 3 atom stereocenters. The Morgan fingerprint density at radius 3 is 2.79 bits per heavy atom. The fraction of sp³-hybridized carbons (Fsp3) is 0.444. The predicted octanol–water partition coefficient (Wildman–Crippen LogP) is 4.33. The number of benzene rings is 1. The lowest BCUT2D eigenvalue weighted by molar-refractivity contribution is 0.0380. The summed E-state index contributed by atoms with van der Waals surface area (Å²) >= 11 is 0. The molecule has 0 amide bonds. The number of carbonyl (C=O) groups is 1. The van der Waals surface area contributed by atoms with E-state index in [0.29, 0.717) is 12.0 Å². The van der Waals surface area contributed by atoms with E-state index in [9.17, 15) is 4.79 Å². The number of aryl methyl sites for hydroxylation is 1. The molecule has 2 aliphatic rings. The van der Waals surface area contributed by atoms with E-state index in [1.807, 2.05) is 37.5 Å². The zero-order valence-corrected chi connectivity index (χ0v) is 19.8. The van der Waals surface area contributed by atoms with Crippen molar-refractivity contribution < 1.29 is 9.53 Å². The van der Waals surface area contributed by atoms with Gasteiger partial charge in [-0.05, 0) is 74.4 Å². The van der Waals surface area contributed by atoms with Crippen molar-refractivity contribution in [3.63, 3.8) is 0 Å². The summed E-state index contributed by atoms with van der Waals surface area (Å²) in [5.41, 5.74) is 10.9. The van der Waals surface area contributed by atoms with Crippen molar-refractivity contribution in [1.82, 2.24) is 19.1 Å². The first-order valence-electron chi connectivity index (χ1n) is 12.3. The third-order valence-corrected chi connectivity index (χ3v) is 7.70. The minimum Gasteiger partial charge on any atom is -0.380 e. The number of aromatic nitrogens is 4. The van der Waals surface area contributed by atoms with Crippen molar-refractivity contribution in [2.24, 2.45) is 24.6 Å². The zero-order chi connectivity index (χ0) is 23.4. The van der Waals surface area contributed by atoms with E-state index in [4.69, 9.17) is 15.5 Å². The maximum Gasteiger partial charge on any atom is 0.166 e. The average Bonchev–Trinajstić information content (AvgIpc) is 3.52. The van der Waals surface area contributed by atoms with Gasteiger partial charge >= 0.3 is 0 Å². The molecule has 2 N–H and O–H groups in total. The van der Waals surface area contributed by atoms with Crippen molar-refractivity contribution >= 4 is 27.9 Å². The zero-order valence-electron chi connectivity index (χ0n) is 19.8. The second-order valence-corrected chi connectivity index (χ2v) is 10.0. The van der Waals surface area contributed by atoms with Crippen LogP contribution in [0.1, 0.15) is 42.5 Å². The Balaban J connectivity index is 1.36. The highest BCUT2D eigenvalue weighted by Crippen LogP contribution is 2.36. The van der Waals surface area contributed by atoms with E-state index in [1.54, 1.807) is 7.11 Å². The second kappa shape index (κ2) is 8.32. The number of carbonyl (C=O) groups excluding carboxylic acids is 1. The Morgan fingerprint density at radius 2 is 2.03 bits per heavy atom. The topological polar surface area (TPSA) is 88.0 Å². The number of nitrogens with zero attached hydrogens (tertiary/aromatic N) is 4. The van der Waals surface area contributed by atoms with Crippen LogP contribution in [-0.2, 0) is 18.3 Å². The van der Waals surface area contributed by atoms with Crippen LogP contribution in [0.15, 0.2) is 42.6 Å². The molecule has 3 heterocycles. The highest BCUT2D eigenvalue weighted by molar-refractivity contribution is 6.01. The average molecular weight is 458 g/mol. The summed E-state index contributed by atoms with van der Waals surface area (Å²) in [6.45, 7) is 0.965. The molecule has 2 aliphatic carbocycles. The van der Waals surface area contributed by atoms with Gasteiger partial charge in [-0.2, -0.15) is 0 Å². The van der Waals surface area contributed by atoms with Crippen molar-refractivity contribution in [1.29, 1.82) is 0 Å². The van der Waals surface area contributed by atoms with Gasteiger partial charge in [0, 0.05) is 49.8 Å². The maximum absolute atomic E-state index is 13.3. The molecule has 7 nitrogen and oxygen atoms in total. The van der Waals surface area contributed by atoms with Gasteiger partial charge in [0.05, 0.1) is 22.8 Å². The number of pyridine rings is 1. The quantitative estimate of drug-likeness (QED) is 0.436. The van der Waals surface area contributed by atoms with Crippen molar-refractivity contribution in [2.45, 2.75) is 50.8 Å².